The first-order valence-corrected chi connectivity index (χ1v) is 5.07. The molecule has 2 aliphatic carbocycles. The fourth-order valence-corrected chi connectivity index (χ4v) is 3.55. The summed E-state index contributed by atoms with van der Waals surface area (Å²) in [5.74, 6) is 1.41. The molecule has 4 fully saturated rings. The van der Waals surface area contributed by atoms with Crippen molar-refractivity contribution in [3.05, 3.63) is 0 Å². The molecule has 2 heterocycles. The molecule has 4 bridgehead atoms. The van der Waals surface area contributed by atoms with Crippen molar-refractivity contribution in [3.63, 3.8) is 0 Å². The van der Waals surface area contributed by atoms with E-state index in [-0.39, 0.29) is 5.60 Å². The molecule has 4 rings (SSSR count). The molecular formula is C10H16O2. The van der Waals surface area contributed by atoms with Gasteiger partial charge in [0.05, 0.1) is 11.7 Å². The molecule has 2 saturated heterocycles. The smallest absolute Gasteiger partial charge is 0.0678 e. The quantitative estimate of drug-likeness (QED) is 0.591. The van der Waals surface area contributed by atoms with Gasteiger partial charge >= 0.3 is 0 Å². The van der Waals surface area contributed by atoms with E-state index < -0.39 is 0 Å². The first kappa shape index (κ1) is 7.34. The second-order valence-electron chi connectivity index (χ2n) is 5.00. The highest BCUT2D eigenvalue weighted by Gasteiger charge is 2.47. The maximum absolute atomic E-state index is 10.2. The van der Waals surface area contributed by atoms with Gasteiger partial charge in [-0.1, -0.05) is 0 Å². The molecule has 0 aromatic carbocycles. The van der Waals surface area contributed by atoms with Crippen molar-refractivity contribution in [3.8, 4) is 0 Å². The summed E-state index contributed by atoms with van der Waals surface area (Å²) in [5, 5.41) is 10.2. The van der Waals surface area contributed by atoms with Crippen molar-refractivity contribution in [2.75, 3.05) is 6.61 Å². The standard InChI is InChI=1S/C10H16O2/c11-10-3-7-1-8(4-10)6-12-9(2-7)5-10/h7-9,11H,1-6H2. The van der Waals surface area contributed by atoms with E-state index in [1.165, 1.54) is 12.8 Å². The fourth-order valence-electron chi connectivity index (χ4n) is 3.55. The van der Waals surface area contributed by atoms with Crippen LogP contribution in [-0.4, -0.2) is 23.4 Å². The van der Waals surface area contributed by atoms with Gasteiger partial charge in [-0.2, -0.15) is 0 Å². The number of rotatable bonds is 0. The highest BCUT2D eigenvalue weighted by atomic mass is 16.5. The van der Waals surface area contributed by atoms with Crippen LogP contribution in [0.4, 0.5) is 0 Å². The van der Waals surface area contributed by atoms with E-state index in [2.05, 4.69) is 0 Å². The summed E-state index contributed by atoms with van der Waals surface area (Å²) in [5.41, 5.74) is -0.340. The summed E-state index contributed by atoms with van der Waals surface area (Å²) in [4.78, 5) is 0. The van der Waals surface area contributed by atoms with Gasteiger partial charge in [0.15, 0.2) is 0 Å². The second kappa shape index (κ2) is 2.24. The molecule has 2 aliphatic heterocycles. The van der Waals surface area contributed by atoms with Crippen molar-refractivity contribution < 1.29 is 9.84 Å². The van der Waals surface area contributed by atoms with Gasteiger partial charge < -0.3 is 9.84 Å². The monoisotopic (exact) mass is 168 g/mol. The lowest BCUT2D eigenvalue weighted by molar-refractivity contribution is -0.0779. The molecule has 0 radical (unpaired) electrons. The molecule has 0 aromatic heterocycles. The molecule has 4 atom stereocenters. The van der Waals surface area contributed by atoms with E-state index in [4.69, 9.17) is 4.74 Å². The highest BCUT2D eigenvalue weighted by Crippen LogP contribution is 2.48. The van der Waals surface area contributed by atoms with Crippen LogP contribution in [-0.2, 0) is 4.74 Å². The van der Waals surface area contributed by atoms with Crippen molar-refractivity contribution in [1.29, 1.82) is 0 Å². The summed E-state index contributed by atoms with van der Waals surface area (Å²) in [6.45, 7) is 0.906. The number of hydrogen-bond acceptors (Lipinski definition) is 2. The van der Waals surface area contributed by atoms with Gasteiger partial charge in [-0.15, -0.1) is 0 Å². The molecular weight excluding hydrogens is 152 g/mol. The van der Waals surface area contributed by atoms with Gasteiger partial charge in [0, 0.05) is 13.0 Å². The maximum atomic E-state index is 10.2. The zero-order chi connectivity index (χ0) is 8.18. The first-order valence-electron chi connectivity index (χ1n) is 5.07. The Morgan fingerprint density at radius 2 is 1.92 bits per heavy atom. The number of fused-ring (bicyclic) bond motifs is 1. The summed E-state index contributed by atoms with van der Waals surface area (Å²) >= 11 is 0. The average molecular weight is 168 g/mol. The van der Waals surface area contributed by atoms with Crippen LogP contribution in [0, 0.1) is 11.8 Å². The highest BCUT2D eigenvalue weighted by molar-refractivity contribution is 4.99. The largest absolute Gasteiger partial charge is 0.390 e. The summed E-state index contributed by atoms with van der Waals surface area (Å²) in [7, 11) is 0. The molecule has 2 heteroatoms. The molecule has 2 nitrogen and oxygen atoms in total. The van der Waals surface area contributed by atoms with Crippen LogP contribution in [0.5, 0.6) is 0 Å². The maximum Gasteiger partial charge on any atom is 0.0678 e. The Hall–Kier alpha value is -0.0800. The zero-order valence-electron chi connectivity index (χ0n) is 7.33. The average Bonchev–Trinajstić information content (AvgIpc) is 2.14. The number of ether oxygens (including phenoxy) is 1. The van der Waals surface area contributed by atoms with E-state index in [0.29, 0.717) is 12.0 Å². The van der Waals surface area contributed by atoms with E-state index in [1.807, 2.05) is 0 Å². The van der Waals surface area contributed by atoms with Crippen LogP contribution < -0.4 is 0 Å². The summed E-state index contributed by atoms with van der Waals surface area (Å²) in [6, 6.07) is 0. The lowest BCUT2D eigenvalue weighted by atomic mass is 9.66. The topological polar surface area (TPSA) is 29.5 Å². The Morgan fingerprint density at radius 3 is 2.75 bits per heavy atom. The third-order valence-electron chi connectivity index (χ3n) is 3.78. The van der Waals surface area contributed by atoms with Crippen molar-refractivity contribution in [1.82, 2.24) is 0 Å². The lowest BCUT2D eigenvalue weighted by Crippen LogP contribution is -2.44. The molecule has 1 N–H and O–H groups in total. The predicted molar refractivity (Wildman–Crippen MR) is 44.8 cm³/mol. The van der Waals surface area contributed by atoms with Gasteiger partial charge in [0.1, 0.15) is 0 Å². The summed E-state index contributed by atoms with van der Waals surface area (Å²) < 4.78 is 5.73. The molecule has 0 aromatic rings. The van der Waals surface area contributed by atoms with Crippen molar-refractivity contribution >= 4 is 0 Å². The number of aliphatic hydroxyl groups is 1. The van der Waals surface area contributed by atoms with Crippen LogP contribution >= 0.6 is 0 Å². The van der Waals surface area contributed by atoms with Gasteiger partial charge in [-0.3, -0.25) is 0 Å². The van der Waals surface area contributed by atoms with Gasteiger partial charge in [-0.05, 0) is 37.5 Å². The van der Waals surface area contributed by atoms with Crippen molar-refractivity contribution in [2.24, 2.45) is 11.8 Å². The van der Waals surface area contributed by atoms with Crippen LogP contribution in [0.2, 0.25) is 0 Å². The van der Waals surface area contributed by atoms with E-state index in [1.54, 1.807) is 0 Å². The normalized spacial score (nSPS) is 57.2. The SMILES string of the molecule is OC12CC3COC(CC(C3)C1)C2. The van der Waals surface area contributed by atoms with E-state index in [9.17, 15) is 5.11 Å². The fraction of sp³-hybridized carbons (Fsp3) is 1.00. The Morgan fingerprint density at radius 1 is 1.08 bits per heavy atom. The van der Waals surface area contributed by atoms with Gasteiger partial charge in [0.2, 0.25) is 0 Å². The molecule has 68 valence electrons. The minimum atomic E-state index is -0.340. The molecule has 4 unspecified atom stereocenters. The van der Waals surface area contributed by atoms with Gasteiger partial charge in [-0.25, -0.2) is 0 Å². The predicted octanol–water partition coefficient (Wildman–Crippen LogP) is 1.33. The summed E-state index contributed by atoms with van der Waals surface area (Å²) in [6.07, 6.45) is 5.84. The minimum absolute atomic E-state index is 0.340. The molecule has 4 aliphatic rings. The van der Waals surface area contributed by atoms with Crippen LogP contribution in [0.1, 0.15) is 32.1 Å². The van der Waals surface area contributed by atoms with Gasteiger partial charge in [0.25, 0.3) is 0 Å². The molecule has 0 spiro atoms. The van der Waals surface area contributed by atoms with Crippen LogP contribution in [0.15, 0.2) is 0 Å². The molecule has 2 saturated carbocycles. The lowest BCUT2D eigenvalue weighted by Gasteiger charge is -2.43. The third kappa shape index (κ3) is 1.01. The Bertz CT molecular complexity index is 186. The van der Waals surface area contributed by atoms with E-state index >= 15 is 0 Å². The molecule has 0 amide bonds. The Balaban J connectivity index is 1.95. The van der Waals surface area contributed by atoms with Crippen molar-refractivity contribution in [2.45, 2.75) is 43.8 Å². The Labute approximate surface area is 72.9 Å². The van der Waals surface area contributed by atoms with Crippen LogP contribution in [0.25, 0.3) is 0 Å². The van der Waals surface area contributed by atoms with Crippen LogP contribution in [0.3, 0.4) is 0 Å². The minimum Gasteiger partial charge on any atom is -0.390 e. The zero-order valence-corrected chi connectivity index (χ0v) is 7.33. The molecule has 12 heavy (non-hydrogen) atoms. The van der Waals surface area contributed by atoms with E-state index in [0.717, 1.165) is 31.8 Å². The Kier molecular flexibility index (Phi) is 1.37. The number of hydrogen-bond donors (Lipinski definition) is 1. The third-order valence-corrected chi connectivity index (χ3v) is 3.78. The second-order valence-corrected chi connectivity index (χ2v) is 5.00. The first-order chi connectivity index (χ1) is 5.73.